The molecular formula is C29H33ClN2O3. The molecule has 2 bridgehead atoms. The standard InChI is InChI=1S/C29H32N2O3.ClH/c32-25-7-5-23(6-8-25)31-14-13-22-18-26(33)9-12-28(22)29(31)21-2-10-27(11-3-21)34-16-15-30-19-20-1-4-24(30)17-20;/h2-3,5-12,18,20,24,29,32-33H,1,4,13-17,19H2;1H. The summed E-state index contributed by atoms with van der Waals surface area (Å²) in [7, 11) is 0. The zero-order valence-corrected chi connectivity index (χ0v) is 20.7. The van der Waals surface area contributed by atoms with E-state index in [2.05, 4.69) is 34.1 Å². The van der Waals surface area contributed by atoms with Gasteiger partial charge in [0.05, 0.1) is 6.04 Å². The van der Waals surface area contributed by atoms with Crippen molar-refractivity contribution in [3.63, 3.8) is 0 Å². The average Bonchev–Trinajstić information content (AvgIpc) is 3.48. The third-order valence-corrected chi connectivity index (χ3v) is 7.90. The molecule has 6 rings (SSSR count). The summed E-state index contributed by atoms with van der Waals surface area (Å²) in [5.41, 5.74) is 4.64. The summed E-state index contributed by atoms with van der Waals surface area (Å²) >= 11 is 0. The number of hydrogen-bond acceptors (Lipinski definition) is 5. The highest BCUT2D eigenvalue weighted by Crippen LogP contribution is 2.40. The largest absolute Gasteiger partial charge is 0.508 e. The Kier molecular flexibility index (Phi) is 6.81. The molecule has 0 amide bonds. The molecule has 3 atom stereocenters. The summed E-state index contributed by atoms with van der Waals surface area (Å²) in [5.74, 6) is 2.41. The second kappa shape index (κ2) is 10.00. The molecular weight excluding hydrogens is 460 g/mol. The molecule has 2 fully saturated rings. The number of phenols is 2. The molecule has 6 heteroatoms. The van der Waals surface area contributed by atoms with Crippen LogP contribution in [0.1, 0.15) is 42.0 Å². The summed E-state index contributed by atoms with van der Waals surface area (Å²) in [6.07, 6.45) is 5.01. The summed E-state index contributed by atoms with van der Waals surface area (Å²) in [6, 6.07) is 22.4. The van der Waals surface area contributed by atoms with Crippen LogP contribution in [-0.2, 0) is 6.42 Å². The number of aromatic hydroxyl groups is 2. The third-order valence-electron chi connectivity index (χ3n) is 7.90. The number of phenolic OH excluding ortho intramolecular Hbond substituents is 2. The van der Waals surface area contributed by atoms with Gasteiger partial charge in [0.25, 0.3) is 0 Å². The molecule has 3 unspecified atom stereocenters. The van der Waals surface area contributed by atoms with E-state index < -0.39 is 0 Å². The van der Waals surface area contributed by atoms with Gasteiger partial charge in [-0.1, -0.05) is 18.2 Å². The van der Waals surface area contributed by atoms with Crippen molar-refractivity contribution in [2.45, 2.75) is 37.8 Å². The van der Waals surface area contributed by atoms with E-state index in [9.17, 15) is 10.2 Å². The third kappa shape index (κ3) is 4.80. The first-order valence-electron chi connectivity index (χ1n) is 12.5. The topological polar surface area (TPSA) is 56.2 Å². The summed E-state index contributed by atoms with van der Waals surface area (Å²) in [5, 5.41) is 19.8. The maximum atomic E-state index is 10.0. The van der Waals surface area contributed by atoms with Crippen molar-refractivity contribution in [1.29, 1.82) is 0 Å². The van der Waals surface area contributed by atoms with Crippen molar-refractivity contribution in [3.05, 3.63) is 83.4 Å². The minimum Gasteiger partial charge on any atom is -0.508 e. The van der Waals surface area contributed by atoms with E-state index in [1.54, 1.807) is 18.2 Å². The fourth-order valence-electron chi connectivity index (χ4n) is 6.22. The van der Waals surface area contributed by atoms with Gasteiger partial charge in [0.15, 0.2) is 0 Å². The summed E-state index contributed by atoms with van der Waals surface area (Å²) in [6.45, 7) is 3.82. The molecule has 1 aliphatic carbocycles. The van der Waals surface area contributed by atoms with Crippen molar-refractivity contribution < 1.29 is 14.9 Å². The van der Waals surface area contributed by atoms with E-state index in [1.807, 2.05) is 24.3 Å². The van der Waals surface area contributed by atoms with Crippen LogP contribution in [0.2, 0.25) is 0 Å². The average molecular weight is 493 g/mol. The predicted octanol–water partition coefficient (Wildman–Crippen LogP) is 5.53. The molecule has 0 radical (unpaired) electrons. The van der Waals surface area contributed by atoms with Crippen LogP contribution >= 0.6 is 12.4 Å². The Morgan fingerprint density at radius 3 is 2.37 bits per heavy atom. The Labute approximate surface area is 213 Å². The van der Waals surface area contributed by atoms with Gasteiger partial charge >= 0.3 is 0 Å². The van der Waals surface area contributed by atoms with Crippen molar-refractivity contribution in [1.82, 2.24) is 4.90 Å². The van der Waals surface area contributed by atoms with Gasteiger partial charge in [0.2, 0.25) is 0 Å². The van der Waals surface area contributed by atoms with Crippen LogP contribution in [0.25, 0.3) is 0 Å². The summed E-state index contributed by atoms with van der Waals surface area (Å²) in [4.78, 5) is 4.98. The maximum absolute atomic E-state index is 10.0. The predicted molar refractivity (Wildman–Crippen MR) is 141 cm³/mol. The Morgan fingerprint density at radius 2 is 1.66 bits per heavy atom. The first kappa shape index (κ1) is 23.8. The molecule has 3 aromatic rings. The van der Waals surface area contributed by atoms with E-state index in [4.69, 9.17) is 4.74 Å². The van der Waals surface area contributed by atoms with Gasteiger partial charge in [-0.2, -0.15) is 0 Å². The number of halogens is 1. The molecule has 184 valence electrons. The van der Waals surface area contributed by atoms with Gasteiger partial charge in [0.1, 0.15) is 23.9 Å². The lowest BCUT2D eigenvalue weighted by molar-refractivity contribution is 0.172. The lowest BCUT2D eigenvalue weighted by Crippen LogP contribution is -2.36. The highest BCUT2D eigenvalue weighted by Gasteiger charge is 2.37. The van der Waals surface area contributed by atoms with Crippen molar-refractivity contribution in [2.75, 3.05) is 31.1 Å². The second-order valence-electron chi connectivity index (χ2n) is 9.99. The Bertz CT molecular complexity index is 1150. The number of nitrogens with zero attached hydrogens (tertiary/aromatic N) is 2. The van der Waals surface area contributed by atoms with Gasteiger partial charge in [-0.25, -0.2) is 0 Å². The zero-order chi connectivity index (χ0) is 23.1. The quantitative estimate of drug-likeness (QED) is 0.473. The Morgan fingerprint density at radius 1 is 0.886 bits per heavy atom. The number of piperidine rings is 1. The van der Waals surface area contributed by atoms with Gasteiger partial charge in [-0.15, -0.1) is 12.4 Å². The van der Waals surface area contributed by atoms with Crippen LogP contribution in [0.4, 0.5) is 5.69 Å². The smallest absolute Gasteiger partial charge is 0.119 e. The van der Waals surface area contributed by atoms with Gasteiger partial charge in [-0.05, 0) is 96.8 Å². The monoisotopic (exact) mass is 492 g/mol. The molecule has 0 spiro atoms. The molecule has 3 aromatic carbocycles. The van der Waals surface area contributed by atoms with Crippen LogP contribution < -0.4 is 9.64 Å². The van der Waals surface area contributed by atoms with Crippen LogP contribution in [0.15, 0.2) is 66.7 Å². The van der Waals surface area contributed by atoms with Crippen LogP contribution in [0, 0.1) is 5.92 Å². The highest BCUT2D eigenvalue weighted by molar-refractivity contribution is 5.85. The number of ether oxygens (including phenoxy) is 1. The lowest BCUT2D eigenvalue weighted by atomic mass is 9.87. The molecule has 2 N–H and O–H groups in total. The molecule has 5 nitrogen and oxygen atoms in total. The fourth-order valence-corrected chi connectivity index (χ4v) is 6.22. The molecule has 3 aliphatic rings. The van der Waals surface area contributed by atoms with E-state index in [1.165, 1.54) is 42.5 Å². The van der Waals surface area contributed by atoms with E-state index in [0.29, 0.717) is 5.75 Å². The first-order chi connectivity index (χ1) is 16.6. The molecule has 0 aromatic heterocycles. The van der Waals surface area contributed by atoms with Crippen molar-refractivity contribution in [2.24, 2.45) is 5.92 Å². The van der Waals surface area contributed by atoms with Gasteiger partial charge in [-0.3, -0.25) is 4.90 Å². The maximum Gasteiger partial charge on any atom is 0.119 e. The van der Waals surface area contributed by atoms with E-state index in [-0.39, 0.29) is 24.2 Å². The van der Waals surface area contributed by atoms with Crippen molar-refractivity contribution >= 4 is 18.1 Å². The molecule has 35 heavy (non-hydrogen) atoms. The number of anilines is 1. The Hall–Kier alpha value is -2.89. The highest BCUT2D eigenvalue weighted by atomic mass is 35.5. The van der Waals surface area contributed by atoms with Crippen molar-refractivity contribution in [3.8, 4) is 17.2 Å². The number of likely N-dealkylation sites (tertiary alicyclic amines) is 1. The Balaban J connectivity index is 0.00000253. The molecule has 1 saturated heterocycles. The summed E-state index contributed by atoms with van der Waals surface area (Å²) < 4.78 is 6.11. The zero-order valence-electron chi connectivity index (χ0n) is 19.8. The van der Waals surface area contributed by atoms with Crippen LogP contribution in [0.3, 0.4) is 0 Å². The molecule has 1 saturated carbocycles. The van der Waals surface area contributed by atoms with Crippen LogP contribution in [-0.4, -0.2) is 47.4 Å². The fraction of sp³-hybridized carbons (Fsp3) is 0.379. The van der Waals surface area contributed by atoms with E-state index >= 15 is 0 Å². The SMILES string of the molecule is Cl.Oc1ccc(N2CCc3cc(O)ccc3C2c2ccc(OCCN3CC4CCC3C4)cc2)cc1. The number of fused-ring (bicyclic) bond motifs is 3. The van der Waals surface area contributed by atoms with Gasteiger partial charge in [0, 0.05) is 31.4 Å². The second-order valence-corrected chi connectivity index (χ2v) is 9.99. The number of hydrogen-bond donors (Lipinski definition) is 2. The first-order valence-corrected chi connectivity index (χ1v) is 12.5. The minimum atomic E-state index is 0. The van der Waals surface area contributed by atoms with Gasteiger partial charge < -0.3 is 19.8 Å². The van der Waals surface area contributed by atoms with E-state index in [0.717, 1.165) is 49.5 Å². The lowest BCUT2D eigenvalue weighted by Gasteiger charge is -2.39. The number of benzene rings is 3. The molecule has 2 aliphatic heterocycles. The minimum absolute atomic E-state index is 0. The number of rotatable bonds is 6. The normalized spacial score (nSPS) is 23.1. The van der Waals surface area contributed by atoms with Crippen LogP contribution in [0.5, 0.6) is 17.2 Å². The molecule has 2 heterocycles.